The van der Waals surface area contributed by atoms with Crippen LogP contribution in [0.15, 0.2) is 60.2 Å². The minimum Gasteiger partial charge on any atom is -0.399 e. The van der Waals surface area contributed by atoms with E-state index in [0.29, 0.717) is 0 Å². The number of nitrogens with one attached hydrogen (secondary N) is 1. The summed E-state index contributed by atoms with van der Waals surface area (Å²) in [4.78, 5) is 0. The summed E-state index contributed by atoms with van der Waals surface area (Å²) in [6, 6.07) is 15.8. The van der Waals surface area contributed by atoms with Crippen molar-refractivity contribution in [3.8, 4) is 0 Å². The SMILES string of the molecule is C=C1NN=C(c2cccc(N)c2)c2ccccc21. The standard InChI is InChI=1S/C15H13N3/c1-10-13-7-2-3-8-14(13)15(18-17-10)11-5-4-6-12(16)9-11/h2-9,17H,1,16H2. The minimum atomic E-state index is 0.733. The van der Waals surface area contributed by atoms with Crippen LogP contribution in [0.2, 0.25) is 0 Å². The molecule has 0 amide bonds. The van der Waals surface area contributed by atoms with E-state index >= 15 is 0 Å². The Kier molecular flexibility index (Phi) is 2.38. The Morgan fingerprint density at radius 1 is 1.00 bits per heavy atom. The van der Waals surface area contributed by atoms with E-state index in [4.69, 9.17) is 5.73 Å². The number of nitrogens with zero attached hydrogens (tertiary/aromatic N) is 1. The van der Waals surface area contributed by atoms with Crippen molar-refractivity contribution in [1.82, 2.24) is 5.43 Å². The molecule has 0 atom stereocenters. The first-order valence-corrected chi connectivity index (χ1v) is 5.74. The zero-order chi connectivity index (χ0) is 12.5. The van der Waals surface area contributed by atoms with Crippen molar-refractivity contribution < 1.29 is 0 Å². The van der Waals surface area contributed by atoms with Gasteiger partial charge in [0.15, 0.2) is 0 Å². The third-order valence-corrected chi connectivity index (χ3v) is 2.97. The van der Waals surface area contributed by atoms with Crippen LogP contribution in [-0.2, 0) is 0 Å². The summed E-state index contributed by atoms with van der Waals surface area (Å²) < 4.78 is 0. The molecule has 1 aliphatic rings. The molecule has 0 bridgehead atoms. The largest absolute Gasteiger partial charge is 0.399 e. The molecule has 1 heterocycles. The van der Waals surface area contributed by atoms with Crippen molar-refractivity contribution in [3.63, 3.8) is 0 Å². The van der Waals surface area contributed by atoms with Crippen molar-refractivity contribution in [2.75, 3.05) is 5.73 Å². The number of hydrogen-bond donors (Lipinski definition) is 2. The third-order valence-electron chi connectivity index (χ3n) is 2.97. The molecule has 0 radical (unpaired) electrons. The molecule has 0 unspecified atom stereocenters. The predicted molar refractivity (Wildman–Crippen MR) is 75.1 cm³/mol. The molecule has 0 aromatic heterocycles. The molecule has 1 aliphatic heterocycles. The van der Waals surface area contributed by atoms with E-state index < -0.39 is 0 Å². The van der Waals surface area contributed by atoms with Crippen molar-refractivity contribution in [2.45, 2.75) is 0 Å². The van der Waals surface area contributed by atoms with Crippen molar-refractivity contribution in [2.24, 2.45) is 5.10 Å². The Labute approximate surface area is 106 Å². The van der Waals surface area contributed by atoms with Crippen LogP contribution in [-0.4, -0.2) is 5.71 Å². The van der Waals surface area contributed by atoms with Crippen LogP contribution >= 0.6 is 0 Å². The van der Waals surface area contributed by atoms with Gasteiger partial charge in [0.1, 0.15) is 0 Å². The highest BCUT2D eigenvalue weighted by Crippen LogP contribution is 2.24. The van der Waals surface area contributed by atoms with Gasteiger partial charge in [-0.05, 0) is 12.1 Å². The second-order valence-corrected chi connectivity index (χ2v) is 4.22. The molecule has 3 rings (SSSR count). The molecule has 18 heavy (non-hydrogen) atoms. The molecule has 88 valence electrons. The normalized spacial score (nSPS) is 13.6. The van der Waals surface area contributed by atoms with Gasteiger partial charge in [0, 0.05) is 22.4 Å². The average molecular weight is 235 g/mol. The summed E-state index contributed by atoms with van der Waals surface area (Å²) >= 11 is 0. The number of nitrogen functional groups attached to an aromatic ring is 1. The summed E-state index contributed by atoms with van der Waals surface area (Å²) in [5.41, 5.74) is 14.4. The van der Waals surface area contributed by atoms with Gasteiger partial charge in [-0.25, -0.2) is 0 Å². The van der Waals surface area contributed by atoms with Gasteiger partial charge in [-0.3, -0.25) is 5.43 Å². The number of hydrazone groups is 1. The van der Waals surface area contributed by atoms with Gasteiger partial charge in [-0.15, -0.1) is 0 Å². The molecule has 0 fully saturated rings. The lowest BCUT2D eigenvalue weighted by Gasteiger charge is -2.19. The molecular formula is C15H13N3. The molecule has 0 saturated carbocycles. The maximum absolute atomic E-state index is 5.82. The second-order valence-electron chi connectivity index (χ2n) is 4.22. The number of fused-ring (bicyclic) bond motifs is 1. The van der Waals surface area contributed by atoms with Gasteiger partial charge in [0.2, 0.25) is 0 Å². The number of anilines is 1. The van der Waals surface area contributed by atoms with Crippen molar-refractivity contribution in [1.29, 1.82) is 0 Å². The number of rotatable bonds is 1. The van der Waals surface area contributed by atoms with Crippen LogP contribution in [0.4, 0.5) is 5.69 Å². The van der Waals surface area contributed by atoms with Crippen LogP contribution in [0.1, 0.15) is 16.7 Å². The van der Waals surface area contributed by atoms with Gasteiger partial charge in [0.05, 0.1) is 11.4 Å². The first-order chi connectivity index (χ1) is 8.75. The van der Waals surface area contributed by atoms with Crippen LogP contribution in [0, 0.1) is 0 Å². The monoisotopic (exact) mass is 235 g/mol. The Hall–Kier alpha value is -2.55. The quantitative estimate of drug-likeness (QED) is 0.746. The number of hydrogen-bond acceptors (Lipinski definition) is 3. The molecule has 2 aromatic carbocycles. The Balaban J connectivity index is 2.17. The molecule has 0 aliphatic carbocycles. The first kappa shape index (κ1) is 10.6. The molecule has 3 nitrogen and oxygen atoms in total. The fourth-order valence-corrected chi connectivity index (χ4v) is 2.10. The molecule has 2 aromatic rings. The van der Waals surface area contributed by atoms with Crippen LogP contribution in [0.5, 0.6) is 0 Å². The maximum Gasteiger partial charge on any atom is 0.0985 e. The molecule has 0 saturated heterocycles. The minimum absolute atomic E-state index is 0.733. The second kappa shape index (κ2) is 4.04. The lowest BCUT2D eigenvalue weighted by Crippen LogP contribution is -2.19. The smallest absolute Gasteiger partial charge is 0.0985 e. The summed E-state index contributed by atoms with van der Waals surface area (Å²) in [5.74, 6) is 0. The molecular weight excluding hydrogens is 222 g/mol. The fraction of sp³-hybridized carbons (Fsp3) is 0. The van der Waals surface area contributed by atoms with Crippen molar-refractivity contribution in [3.05, 3.63) is 71.8 Å². The highest BCUT2D eigenvalue weighted by molar-refractivity contribution is 6.16. The topological polar surface area (TPSA) is 50.4 Å². The molecule has 0 spiro atoms. The van der Waals surface area contributed by atoms with Gasteiger partial charge in [0.25, 0.3) is 0 Å². The Bertz CT molecular complexity index is 656. The summed E-state index contributed by atoms with van der Waals surface area (Å²) in [6.45, 7) is 3.96. The van der Waals surface area contributed by atoms with Gasteiger partial charge in [-0.1, -0.05) is 43.0 Å². The van der Waals surface area contributed by atoms with E-state index in [9.17, 15) is 0 Å². The van der Waals surface area contributed by atoms with Crippen LogP contribution < -0.4 is 11.2 Å². The van der Waals surface area contributed by atoms with Gasteiger partial charge >= 0.3 is 0 Å². The summed E-state index contributed by atoms with van der Waals surface area (Å²) in [7, 11) is 0. The zero-order valence-electron chi connectivity index (χ0n) is 9.85. The average Bonchev–Trinajstić information content (AvgIpc) is 2.39. The Morgan fingerprint density at radius 2 is 1.78 bits per heavy atom. The van der Waals surface area contributed by atoms with E-state index in [1.165, 1.54) is 0 Å². The van der Waals surface area contributed by atoms with Gasteiger partial charge < -0.3 is 5.73 Å². The Morgan fingerprint density at radius 3 is 2.56 bits per heavy atom. The van der Waals surface area contributed by atoms with E-state index in [1.54, 1.807) is 0 Å². The molecule has 3 heteroatoms. The lowest BCUT2D eigenvalue weighted by molar-refractivity contribution is 0.978. The predicted octanol–water partition coefficient (Wildman–Crippen LogP) is 2.60. The van der Waals surface area contributed by atoms with E-state index in [0.717, 1.165) is 33.8 Å². The van der Waals surface area contributed by atoms with Gasteiger partial charge in [-0.2, -0.15) is 5.10 Å². The highest BCUT2D eigenvalue weighted by Gasteiger charge is 2.17. The van der Waals surface area contributed by atoms with Crippen LogP contribution in [0.3, 0.4) is 0 Å². The number of benzene rings is 2. The van der Waals surface area contributed by atoms with E-state index in [2.05, 4.69) is 17.1 Å². The lowest BCUT2D eigenvalue weighted by atomic mass is 9.95. The summed E-state index contributed by atoms with van der Waals surface area (Å²) in [6.07, 6.45) is 0. The fourth-order valence-electron chi connectivity index (χ4n) is 2.10. The number of nitrogens with two attached hydrogens (primary N) is 1. The van der Waals surface area contributed by atoms with E-state index in [1.807, 2.05) is 48.5 Å². The summed E-state index contributed by atoms with van der Waals surface area (Å²) in [5, 5.41) is 4.37. The highest BCUT2D eigenvalue weighted by atomic mass is 15.3. The third kappa shape index (κ3) is 1.66. The van der Waals surface area contributed by atoms with Crippen LogP contribution in [0.25, 0.3) is 5.70 Å². The first-order valence-electron chi connectivity index (χ1n) is 5.74. The van der Waals surface area contributed by atoms with Crippen molar-refractivity contribution >= 4 is 17.1 Å². The molecule has 3 N–H and O–H groups in total. The maximum atomic E-state index is 5.82. The zero-order valence-corrected chi connectivity index (χ0v) is 9.85. The van der Waals surface area contributed by atoms with E-state index in [-0.39, 0.29) is 0 Å².